The molecule has 1 aliphatic rings. The highest BCUT2D eigenvalue weighted by Crippen LogP contribution is 2.32. The zero-order valence-corrected chi connectivity index (χ0v) is 18.6. The summed E-state index contributed by atoms with van der Waals surface area (Å²) in [5, 5.41) is 0. The van der Waals surface area contributed by atoms with Crippen molar-refractivity contribution in [1.29, 1.82) is 0 Å². The molecule has 0 saturated carbocycles. The lowest BCUT2D eigenvalue weighted by molar-refractivity contribution is -0.123. The summed E-state index contributed by atoms with van der Waals surface area (Å²) >= 11 is 1.46. The van der Waals surface area contributed by atoms with E-state index in [4.69, 9.17) is 13.9 Å². The lowest BCUT2D eigenvalue weighted by Gasteiger charge is -2.21. The van der Waals surface area contributed by atoms with Crippen molar-refractivity contribution in [2.24, 2.45) is 0 Å². The normalized spacial score (nSPS) is 14.0. The van der Waals surface area contributed by atoms with Gasteiger partial charge in [-0.2, -0.15) is 16.5 Å². The van der Waals surface area contributed by atoms with Crippen molar-refractivity contribution in [2.45, 2.75) is 24.3 Å². The van der Waals surface area contributed by atoms with Crippen LogP contribution >= 0.6 is 11.8 Å². The largest absolute Gasteiger partial charge is 0.486 e. The number of carbonyl (C=O) groups is 2. The van der Waals surface area contributed by atoms with Crippen LogP contribution in [-0.4, -0.2) is 51.5 Å². The molecule has 0 aliphatic carbocycles. The summed E-state index contributed by atoms with van der Waals surface area (Å²) in [5.74, 6) is 0.435. The van der Waals surface area contributed by atoms with Crippen molar-refractivity contribution in [3.63, 3.8) is 0 Å². The Hall–Kier alpha value is -2.70. The molecule has 1 unspecified atom stereocenters. The summed E-state index contributed by atoms with van der Waals surface area (Å²) in [5.41, 5.74) is 4.80. The number of ether oxygens (including phenoxy) is 2. The van der Waals surface area contributed by atoms with E-state index in [1.807, 2.05) is 6.26 Å². The SMILES string of the molecule is CSCCC(NS(=O)(=O)c1ccc2c(c1)OCCO2)C(=O)NNC(=O)c1ccoc1C. The minimum Gasteiger partial charge on any atom is -0.486 e. The number of benzene rings is 1. The van der Waals surface area contributed by atoms with Crippen molar-refractivity contribution in [1.82, 2.24) is 15.6 Å². The third-order valence-electron chi connectivity index (χ3n) is 4.45. The van der Waals surface area contributed by atoms with Gasteiger partial charge in [-0.3, -0.25) is 20.4 Å². The van der Waals surface area contributed by atoms with E-state index in [9.17, 15) is 18.0 Å². The third-order valence-corrected chi connectivity index (χ3v) is 6.56. The number of thioether (sulfide) groups is 1. The zero-order chi connectivity index (χ0) is 22.4. The quantitative estimate of drug-likeness (QED) is 0.491. The van der Waals surface area contributed by atoms with Crippen LogP contribution in [0.25, 0.3) is 0 Å². The molecule has 1 aromatic carbocycles. The minimum absolute atomic E-state index is 0.0586. The molecule has 168 valence electrons. The summed E-state index contributed by atoms with van der Waals surface area (Å²) in [4.78, 5) is 24.7. The second-order valence-corrected chi connectivity index (χ2v) is 9.29. The van der Waals surface area contributed by atoms with Crippen molar-refractivity contribution >= 4 is 33.6 Å². The monoisotopic (exact) mass is 469 g/mol. The molecule has 1 aliphatic heterocycles. The molecule has 3 N–H and O–H groups in total. The Kier molecular flexibility index (Phi) is 7.46. The molecule has 3 rings (SSSR count). The van der Waals surface area contributed by atoms with Crippen molar-refractivity contribution in [3.05, 3.63) is 41.9 Å². The molecule has 0 saturated heterocycles. The molecule has 10 nitrogen and oxygen atoms in total. The number of carbonyl (C=O) groups excluding carboxylic acids is 2. The smallest absolute Gasteiger partial charge is 0.273 e. The first kappa shape index (κ1) is 23.0. The standard InChI is InChI=1S/C19H23N3O7S2/c1-12-14(5-7-27-12)18(23)20-21-19(24)15(6-10-30-2)22-31(25,26)13-3-4-16-17(11-13)29-9-8-28-16/h3-5,7,11,15,22H,6,8-10H2,1-2H3,(H,20,23)(H,21,24). The maximum absolute atomic E-state index is 12.9. The van der Waals surface area contributed by atoms with Gasteiger partial charge >= 0.3 is 0 Å². The van der Waals surface area contributed by atoms with Gasteiger partial charge in [-0.15, -0.1) is 0 Å². The van der Waals surface area contributed by atoms with Gasteiger partial charge in [0.2, 0.25) is 10.0 Å². The first-order valence-corrected chi connectivity index (χ1v) is 12.2. The summed E-state index contributed by atoms with van der Waals surface area (Å²) in [7, 11) is -4.04. The van der Waals surface area contributed by atoms with Crippen molar-refractivity contribution < 1.29 is 31.9 Å². The number of aryl methyl sites for hydroxylation is 1. The first-order valence-electron chi connectivity index (χ1n) is 9.37. The highest BCUT2D eigenvalue weighted by atomic mass is 32.2. The van der Waals surface area contributed by atoms with E-state index in [0.29, 0.717) is 36.2 Å². The van der Waals surface area contributed by atoms with Gasteiger partial charge < -0.3 is 13.9 Å². The molecule has 1 atom stereocenters. The highest BCUT2D eigenvalue weighted by molar-refractivity contribution is 7.98. The van der Waals surface area contributed by atoms with Gasteiger partial charge in [0.05, 0.1) is 16.7 Å². The maximum atomic E-state index is 12.9. The maximum Gasteiger partial charge on any atom is 0.273 e. The van der Waals surface area contributed by atoms with E-state index in [2.05, 4.69) is 15.6 Å². The average molecular weight is 470 g/mol. The van der Waals surface area contributed by atoms with Crippen molar-refractivity contribution in [2.75, 3.05) is 25.2 Å². The Balaban J connectivity index is 1.70. The number of hydrogen-bond donors (Lipinski definition) is 3. The summed E-state index contributed by atoms with van der Waals surface area (Å²) < 4.78 is 44.0. The van der Waals surface area contributed by atoms with Crippen LogP contribution in [-0.2, 0) is 14.8 Å². The molecule has 2 heterocycles. The predicted molar refractivity (Wildman–Crippen MR) is 114 cm³/mol. The number of rotatable bonds is 8. The van der Waals surface area contributed by atoms with E-state index in [0.717, 1.165) is 0 Å². The molecule has 0 fully saturated rings. The first-order chi connectivity index (χ1) is 14.8. The van der Waals surface area contributed by atoms with E-state index in [1.165, 1.54) is 42.3 Å². The van der Waals surface area contributed by atoms with Crippen LogP contribution in [0, 0.1) is 6.92 Å². The van der Waals surface area contributed by atoms with Gasteiger partial charge in [-0.1, -0.05) is 0 Å². The van der Waals surface area contributed by atoms with E-state index < -0.39 is 27.9 Å². The zero-order valence-electron chi connectivity index (χ0n) is 17.0. The molecule has 1 aromatic heterocycles. The van der Waals surface area contributed by atoms with Crippen LogP contribution < -0.4 is 25.0 Å². The molecular weight excluding hydrogens is 446 g/mol. The van der Waals surface area contributed by atoms with E-state index >= 15 is 0 Å². The lowest BCUT2D eigenvalue weighted by Crippen LogP contribution is -2.52. The summed E-state index contributed by atoms with van der Waals surface area (Å²) in [6, 6.07) is 4.60. The summed E-state index contributed by atoms with van der Waals surface area (Å²) in [6.07, 6.45) is 3.42. The molecule has 2 aromatic rings. The molecule has 0 radical (unpaired) electrons. The van der Waals surface area contributed by atoms with Gasteiger partial charge in [-0.25, -0.2) is 8.42 Å². The van der Waals surface area contributed by atoms with Gasteiger partial charge in [-0.05, 0) is 43.6 Å². The average Bonchev–Trinajstić information content (AvgIpc) is 3.20. The number of hydrazine groups is 1. The van der Waals surface area contributed by atoms with Crippen LogP contribution in [0.4, 0.5) is 0 Å². The fourth-order valence-electron chi connectivity index (χ4n) is 2.82. The molecule has 0 spiro atoms. The Bertz CT molecular complexity index is 1050. The number of amides is 2. The lowest BCUT2D eigenvalue weighted by atomic mass is 10.2. The molecule has 31 heavy (non-hydrogen) atoms. The van der Waals surface area contributed by atoms with Crippen molar-refractivity contribution in [3.8, 4) is 11.5 Å². The van der Waals surface area contributed by atoms with Gasteiger partial charge in [0.25, 0.3) is 11.8 Å². The fraction of sp³-hybridized carbons (Fsp3) is 0.368. The van der Waals surface area contributed by atoms with Crippen LogP contribution in [0.2, 0.25) is 0 Å². The Morgan fingerprint density at radius 3 is 2.55 bits per heavy atom. The highest BCUT2D eigenvalue weighted by Gasteiger charge is 2.27. The topological polar surface area (TPSA) is 136 Å². The second kappa shape index (κ2) is 10.1. The fourth-order valence-corrected chi connectivity index (χ4v) is 4.54. The van der Waals surface area contributed by atoms with E-state index in [1.54, 1.807) is 6.92 Å². The third kappa shape index (κ3) is 5.71. The number of sulfonamides is 1. The Labute approximate surface area is 184 Å². The predicted octanol–water partition coefficient (Wildman–Crippen LogP) is 1.22. The molecular formula is C19H23N3O7S2. The van der Waals surface area contributed by atoms with Crippen LogP contribution in [0.3, 0.4) is 0 Å². The minimum atomic E-state index is -4.04. The Morgan fingerprint density at radius 1 is 1.13 bits per heavy atom. The summed E-state index contributed by atoms with van der Waals surface area (Å²) in [6.45, 7) is 2.32. The molecule has 0 bridgehead atoms. The van der Waals surface area contributed by atoms with Gasteiger partial charge in [0.15, 0.2) is 11.5 Å². The number of furan rings is 1. The van der Waals surface area contributed by atoms with E-state index in [-0.39, 0.29) is 16.9 Å². The number of nitrogens with one attached hydrogen (secondary N) is 3. The number of hydrogen-bond acceptors (Lipinski definition) is 8. The van der Waals surface area contributed by atoms with Crippen LogP contribution in [0.1, 0.15) is 22.5 Å². The number of fused-ring (bicyclic) bond motifs is 1. The van der Waals surface area contributed by atoms with Gasteiger partial charge in [0.1, 0.15) is 25.0 Å². The second-order valence-electron chi connectivity index (χ2n) is 6.59. The van der Waals surface area contributed by atoms with Gasteiger partial charge in [0, 0.05) is 6.07 Å². The molecule has 12 heteroatoms. The molecule has 2 amide bonds. The van der Waals surface area contributed by atoms with Crippen LogP contribution in [0.5, 0.6) is 11.5 Å². The van der Waals surface area contributed by atoms with Crippen LogP contribution in [0.15, 0.2) is 39.8 Å². The Morgan fingerprint density at radius 2 is 1.87 bits per heavy atom.